The maximum atomic E-state index is 4.17. The molecule has 66 valence electrons. The van der Waals surface area contributed by atoms with E-state index in [2.05, 4.69) is 20.2 Å². The highest BCUT2D eigenvalue weighted by Crippen LogP contribution is 2.02. The van der Waals surface area contributed by atoms with E-state index in [4.69, 9.17) is 0 Å². The van der Waals surface area contributed by atoms with Crippen LogP contribution in [0.4, 0.5) is 5.82 Å². The molecule has 1 N–H and O–H groups in total. The van der Waals surface area contributed by atoms with Gasteiger partial charge in [0.25, 0.3) is 0 Å². The number of hydrogen-bond acceptors (Lipinski definition) is 4. The van der Waals surface area contributed by atoms with Gasteiger partial charge in [0.1, 0.15) is 5.82 Å². The van der Waals surface area contributed by atoms with Crippen LogP contribution in [0.15, 0.2) is 18.6 Å². The largest absolute Gasteiger partial charge is 0.357 e. The topological polar surface area (TPSA) is 41.0 Å². The predicted molar refractivity (Wildman–Crippen MR) is 49.2 cm³/mol. The van der Waals surface area contributed by atoms with Crippen molar-refractivity contribution in [2.75, 3.05) is 32.1 Å². The molecule has 0 radical (unpaired) electrons. The number of anilines is 1. The second-order valence-electron chi connectivity index (χ2n) is 2.59. The van der Waals surface area contributed by atoms with Crippen molar-refractivity contribution in [3.05, 3.63) is 18.6 Å². The number of rotatable bonds is 4. The third-order valence-electron chi connectivity index (χ3n) is 1.64. The van der Waals surface area contributed by atoms with E-state index in [1.807, 2.05) is 14.1 Å². The molecule has 0 unspecified atom stereocenters. The Balaban J connectivity index is 2.48. The molecule has 4 heteroatoms. The van der Waals surface area contributed by atoms with Crippen LogP contribution < -0.4 is 10.2 Å². The zero-order valence-electron chi connectivity index (χ0n) is 7.49. The lowest BCUT2D eigenvalue weighted by atomic mass is 10.5. The molecule has 0 saturated carbocycles. The molecular weight excluding hydrogens is 152 g/mol. The lowest BCUT2D eigenvalue weighted by molar-refractivity contribution is 0.760. The average Bonchev–Trinajstić information content (AvgIpc) is 2.15. The Labute approximate surface area is 72.6 Å². The van der Waals surface area contributed by atoms with Crippen LogP contribution in [0, 0.1) is 0 Å². The van der Waals surface area contributed by atoms with E-state index in [1.165, 1.54) is 0 Å². The molecule has 0 aromatic carbocycles. The molecular formula is C8H14N4. The fraction of sp³-hybridized carbons (Fsp3) is 0.500. The zero-order chi connectivity index (χ0) is 8.81. The van der Waals surface area contributed by atoms with Gasteiger partial charge in [-0.2, -0.15) is 0 Å². The van der Waals surface area contributed by atoms with Crippen molar-refractivity contribution in [3.63, 3.8) is 0 Å². The van der Waals surface area contributed by atoms with Gasteiger partial charge in [-0.05, 0) is 7.05 Å². The first-order valence-electron chi connectivity index (χ1n) is 3.96. The Hall–Kier alpha value is -1.16. The number of likely N-dealkylation sites (N-methyl/N-ethyl adjacent to an activating group) is 2. The Morgan fingerprint density at radius 1 is 1.50 bits per heavy atom. The van der Waals surface area contributed by atoms with Gasteiger partial charge in [-0.25, -0.2) is 4.98 Å². The smallest absolute Gasteiger partial charge is 0.146 e. The van der Waals surface area contributed by atoms with Crippen molar-refractivity contribution in [3.8, 4) is 0 Å². The van der Waals surface area contributed by atoms with Gasteiger partial charge >= 0.3 is 0 Å². The first-order valence-corrected chi connectivity index (χ1v) is 3.96. The van der Waals surface area contributed by atoms with Crippen molar-refractivity contribution in [2.24, 2.45) is 0 Å². The summed E-state index contributed by atoms with van der Waals surface area (Å²) < 4.78 is 0. The lowest BCUT2D eigenvalue weighted by Gasteiger charge is -2.16. The van der Waals surface area contributed by atoms with Gasteiger partial charge in [0.15, 0.2) is 0 Å². The first-order chi connectivity index (χ1) is 5.84. The van der Waals surface area contributed by atoms with Crippen LogP contribution in [-0.2, 0) is 0 Å². The van der Waals surface area contributed by atoms with Gasteiger partial charge in [0, 0.05) is 32.5 Å². The highest BCUT2D eigenvalue weighted by Gasteiger charge is 1.98. The van der Waals surface area contributed by atoms with Crippen LogP contribution in [0.1, 0.15) is 0 Å². The van der Waals surface area contributed by atoms with Crippen molar-refractivity contribution in [1.82, 2.24) is 15.3 Å². The first kappa shape index (κ1) is 8.93. The van der Waals surface area contributed by atoms with Crippen molar-refractivity contribution < 1.29 is 0 Å². The van der Waals surface area contributed by atoms with Crippen LogP contribution in [-0.4, -0.2) is 37.2 Å². The summed E-state index contributed by atoms with van der Waals surface area (Å²) in [5.74, 6) is 0.910. The summed E-state index contributed by atoms with van der Waals surface area (Å²) in [6, 6.07) is 0. The molecule has 0 atom stereocenters. The fourth-order valence-electron chi connectivity index (χ4n) is 0.882. The van der Waals surface area contributed by atoms with Crippen molar-refractivity contribution in [1.29, 1.82) is 0 Å². The van der Waals surface area contributed by atoms with Gasteiger partial charge in [0.2, 0.25) is 0 Å². The minimum atomic E-state index is 0.910. The molecule has 4 nitrogen and oxygen atoms in total. The predicted octanol–water partition coefficient (Wildman–Crippen LogP) is 0.132. The molecule has 0 saturated heterocycles. The molecule has 1 rings (SSSR count). The van der Waals surface area contributed by atoms with Crippen LogP contribution in [0.25, 0.3) is 0 Å². The molecule has 1 aromatic rings. The number of nitrogens with zero attached hydrogens (tertiary/aromatic N) is 3. The van der Waals surface area contributed by atoms with E-state index in [0.717, 1.165) is 18.9 Å². The third-order valence-corrected chi connectivity index (χ3v) is 1.64. The summed E-state index contributed by atoms with van der Waals surface area (Å²) in [5.41, 5.74) is 0. The van der Waals surface area contributed by atoms with Crippen LogP contribution in [0.2, 0.25) is 0 Å². The maximum absolute atomic E-state index is 4.17. The molecule has 0 aliphatic carbocycles. The molecule has 1 heterocycles. The minimum Gasteiger partial charge on any atom is -0.357 e. The summed E-state index contributed by atoms with van der Waals surface area (Å²) in [7, 11) is 3.94. The summed E-state index contributed by atoms with van der Waals surface area (Å²) in [5, 5.41) is 3.08. The molecule has 0 fully saturated rings. The number of nitrogens with one attached hydrogen (secondary N) is 1. The summed E-state index contributed by atoms with van der Waals surface area (Å²) in [6.45, 7) is 1.89. The molecule has 1 aromatic heterocycles. The second-order valence-corrected chi connectivity index (χ2v) is 2.59. The minimum absolute atomic E-state index is 0.910. The number of hydrogen-bond donors (Lipinski definition) is 1. The Kier molecular flexibility index (Phi) is 3.47. The van der Waals surface area contributed by atoms with E-state index in [1.54, 1.807) is 18.6 Å². The second kappa shape index (κ2) is 4.66. The average molecular weight is 166 g/mol. The highest BCUT2D eigenvalue weighted by molar-refractivity contribution is 5.33. The van der Waals surface area contributed by atoms with Gasteiger partial charge in [-0.15, -0.1) is 0 Å². The standard InChI is InChI=1S/C8H14N4/c1-9-5-6-12(2)8-7-10-3-4-11-8/h3-4,7,9H,5-6H2,1-2H3. The van der Waals surface area contributed by atoms with Crippen LogP contribution in [0.3, 0.4) is 0 Å². The SMILES string of the molecule is CNCCN(C)c1cnccn1. The Morgan fingerprint density at radius 3 is 2.92 bits per heavy atom. The monoisotopic (exact) mass is 166 g/mol. The van der Waals surface area contributed by atoms with Gasteiger partial charge in [-0.1, -0.05) is 0 Å². The highest BCUT2D eigenvalue weighted by atomic mass is 15.2. The molecule has 0 amide bonds. The lowest BCUT2D eigenvalue weighted by Crippen LogP contribution is -2.27. The van der Waals surface area contributed by atoms with Crippen LogP contribution in [0.5, 0.6) is 0 Å². The Bertz CT molecular complexity index is 212. The van der Waals surface area contributed by atoms with E-state index in [9.17, 15) is 0 Å². The van der Waals surface area contributed by atoms with Crippen molar-refractivity contribution in [2.45, 2.75) is 0 Å². The number of aromatic nitrogens is 2. The van der Waals surface area contributed by atoms with Gasteiger partial charge < -0.3 is 10.2 Å². The van der Waals surface area contributed by atoms with Gasteiger partial charge in [-0.3, -0.25) is 4.98 Å². The summed E-state index contributed by atoms with van der Waals surface area (Å²) in [6.07, 6.45) is 5.14. The molecule has 0 aliphatic rings. The molecule has 0 bridgehead atoms. The van der Waals surface area contributed by atoms with Crippen LogP contribution >= 0.6 is 0 Å². The normalized spacial score (nSPS) is 9.83. The molecule has 0 aliphatic heterocycles. The summed E-state index contributed by atoms with van der Waals surface area (Å²) in [4.78, 5) is 10.2. The molecule has 12 heavy (non-hydrogen) atoms. The fourth-order valence-corrected chi connectivity index (χ4v) is 0.882. The zero-order valence-corrected chi connectivity index (χ0v) is 7.49. The van der Waals surface area contributed by atoms with Gasteiger partial charge in [0.05, 0.1) is 6.20 Å². The van der Waals surface area contributed by atoms with E-state index < -0.39 is 0 Å². The Morgan fingerprint density at radius 2 is 2.33 bits per heavy atom. The maximum Gasteiger partial charge on any atom is 0.146 e. The molecule has 0 spiro atoms. The van der Waals surface area contributed by atoms with Crippen molar-refractivity contribution >= 4 is 5.82 Å². The van der Waals surface area contributed by atoms with E-state index in [-0.39, 0.29) is 0 Å². The van der Waals surface area contributed by atoms with E-state index in [0.29, 0.717) is 0 Å². The quantitative estimate of drug-likeness (QED) is 0.690. The van der Waals surface area contributed by atoms with E-state index >= 15 is 0 Å². The third kappa shape index (κ3) is 2.47. The summed E-state index contributed by atoms with van der Waals surface area (Å²) >= 11 is 0.